The third-order valence-electron chi connectivity index (χ3n) is 3.00. The Morgan fingerprint density at radius 3 is 2.74 bits per heavy atom. The Morgan fingerprint density at radius 2 is 2.16 bits per heavy atom. The summed E-state index contributed by atoms with van der Waals surface area (Å²) in [5.74, 6) is 0. The minimum Gasteiger partial charge on any atom is -0.393 e. The van der Waals surface area contributed by atoms with E-state index in [1.165, 1.54) is 9.75 Å². The molecule has 0 saturated heterocycles. The zero-order chi connectivity index (χ0) is 13.7. The first-order valence-corrected chi connectivity index (χ1v) is 8.48. The van der Waals surface area contributed by atoms with Gasteiger partial charge in [-0.3, -0.25) is 0 Å². The smallest absolute Gasteiger partial charge is 0.0931 e. The van der Waals surface area contributed by atoms with Gasteiger partial charge in [0.15, 0.2) is 0 Å². The van der Waals surface area contributed by atoms with E-state index in [2.05, 4.69) is 28.9 Å². The Balaban J connectivity index is 2.03. The molecule has 0 fully saturated rings. The fraction of sp³-hybridized carbons (Fsp3) is 0.429. The second-order valence-corrected chi connectivity index (χ2v) is 7.12. The maximum atomic E-state index is 9.62. The van der Waals surface area contributed by atoms with E-state index >= 15 is 0 Å². The number of hydrogen-bond acceptors (Lipinski definition) is 4. The molecule has 0 saturated carbocycles. The molecule has 2 atom stereocenters. The van der Waals surface area contributed by atoms with Crippen molar-refractivity contribution in [3.05, 3.63) is 43.7 Å². The maximum absolute atomic E-state index is 9.62. The number of rotatable bonds is 7. The zero-order valence-corrected chi connectivity index (χ0v) is 13.2. The van der Waals surface area contributed by atoms with Crippen molar-refractivity contribution in [3.8, 4) is 0 Å². The molecule has 0 radical (unpaired) electrons. The molecule has 0 aliphatic carbocycles. The number of hydrogen-bond donors (Lipinski definition) is 2. The van der Waals surface area contributed by atoms with Crippen molar-refractivity contribution in [1.82, 2.24) is 5.32 Å². The lowest BCUT2D eigenvalue weighted by Gasteiger charge is -2.17. The first-order chi connectivity index (χ1) is 9.20. The normalized spacial score (nSPS) is 14.5. The molecular weight excluding hydrogens is 298 g/mol. The van der Waals surface area contributed by atoms with Crippen molar-refractivity contribution < 1.29 is 5.11 Å². The van der Waals surface area contributed by atoms with Gasteiger partial charge in [0.05, 0.1) is 16.5 Å². The average molecular weight is 316 g/mol. The predicted molar refractivity (Wildman–Crippen MR) is 84.4 cm³/mol. The van der Waals surface area contributed by atoms with Crippen LogP contribution in [-0.2, 0) is 0 Å². The summed E-state index contributed by atoms with van der Waals surface area (Å²) in [6.45, 7) is 2.80. The SMILES string of the molecule is CCC(O)CCNC(c1cccs1)c1ccc(Cl)s1. The molecule has 2 N–H and O–H groups in total. The maximum Gasteiger partial charge on any atom is 0.0931 e. The summed E-state index contributed by atoms with van der Waals surface area (Å²) in [6, 6.07) is 8.38. The van der Waals surface area contributed by atoms with Crippen molar-refractivity contribution >= 4 is 34.3 Å². The summed E-state index contributed by atoms with van der Waals surface area (Å²) in [5, 5.41) is 15.2. The standard InChI is InChI=1S/C14H18ClNOS2/c1-2-10(17)7-8-16-14(11-4-3-9-18-11)12-5-6-13(15)19-12/h3-6,9-10,14,16-17H,2,7-8H2,1H3. The van der Waals surface area contributed by atoms with E-state index in [1.54, 1.807) is 22.7 Å². The van der Waals surface area contributed by atoms with Gasteiger partial charge in [-0.2, -0.15) is 0 Å². The van der Waals surface area contributed by atoms with E-state index in [9.17, 15) is 5.11 Å². The van der Waals surface area contributed by atoms with Gasteiger partial charge in [-0.1, -0.05) is 24.6 Å². The topological polar surface area (TPSA) is 32.3 Å². The fourth-order valence-electron chi connectivity index (χ4n) is 1.88. The minimum absolute atomic E-state index is 0.182. The third-order valence-corrected chi connectivity index (χ3v) is 5.24. The summed E-state index contributed by atoms with van der Waals surface area (Å²) >= 11 is 9.37. The molecule has 0 bridgehead atoms. The van der Waals surface area contributed by atoms with Crippen LogP contribution < -0.4 is 5.32 Å². The lowest BCUT2D eigenvalue weighted by molar-refractivity contribution is 0.159. The first kappa shape index (κ1) is 15.0. The third kappa shape index (κ3) is 4.29. The highest BCUT2D eigenvalue weighted by atomic mass is 35.5. The van der Waals surface area contributed by atoms with Gasteiger partial charge in [0.1, 0.15) is 0 Å². The quantitative estimate of drug-likeness (QED) is 0.798. The molecular formula is C14H18ClNOS2. The van der Waals surface area contributed by atoms with Gasteiger partial charge >= 0.3 is 0 Å². The molecule has 2 nitrogen and oxygen atoms in total. The summed E-state index contributed by atoms with van der Waals surface area (Å²) in [6.07, 6.45) is 1.36. The number of thiophene rings is 2. The molecule has 2 aromatic heterocycles. The van der Waals surface area contributed by atoms with Crippen molar-refractivity contribution in [2.24, 2.45) is 0 Å². The van der Waals surface area contributed by atoms with Crippen LogP contribution in [0.2, 0.25) is 4.34 Å². The highest BCUT2D eigenvalue weighted by molar-refractivity contribution is 7.16. The van der Waals surface area contributed by atoms with Gasteiger partial charge in [-0.05, 0) is 43.0 Å². The van der Waals surface area contributed by atoms with E-state index in [-0.39, 0.29) is 12.1 Å². The molecule has 0 aliphatic rings. The Morgan fingerprint density at radius 1 is 1.32 bits per heavy atom. The van der Waals surface area contributed by atoms with Gasteiger partial charge in [0.25, 0.3) is 0 Å². The number of aliphatic hydroxyl groups is 1. The molecule has 2 unspecified atom stereocenters. The molecule has 0 amide bonds. The lowest BCUT2D eigenvalue weighted by Crippen LogP contribution is -2.24. The Labute approximate surface area is 127 Å². The van der Waals surface area contributed by atoms with Crippen LogP contribution in [0.15, 0.2) is 29.6 Å². The van der Waals surface area contributed by atoms with Crippen molar-refractivity contribution in [2.45, 2.75) is 31.9 Å². The van der Waals surface area contributed by atoms with Crippen LogP contribution in [0.25, 0.3) is 0 Å². The van der Waals surface area contributed by atoms with Crippen LogP contribution in [0, 0.1) is 0 Å². The average Bonchev–Trinajstić information content (AvgIpc) is 3.06. The highest BCUT2D eigenvalue weighted by Crippen LogP contribution is 2.33. The van der Waals surface area contributed by atoms with Crippen LogP contribution in [0.5, 0.6) is 0 Å². The van der Waals surface area contributed by atoms with Gasteiger partial charge in [-0.15, -0.1) is 22.7 Å². The van der Waals surface area contributed by atoms with E-state index in [0.29, 0.717) is 0 Å². The molecule has 2 rings (SSSR count). The largest absolute Gasteiger partial charge is 0.393 e. The van der Waals surface area contributed by atoms with E-state index in [1.807, 2.05) is 13.0 Å². The Kier molecular flexibility index (Phi) is 5.85. The Hall–Kier alpha value is -0.390. The number of aliphatic hydroxyl groups excluding tert-OH is 1. The zero-order valence-electron chi connectivity index (χ0n) is 10.8. The lowest BCUT2D eigenvalue weighted by atomic mass is 10.1. The van der Waals surface area contributed by atoms with E-state index in [4.69, 9.17) is 11.6 Å². The predicted octanol–water partition coefficient (Wildman–Crippen LogP) is 4.30. The number of halogens is 1. The molecule has 0 spiro atoms. The van der Waals surface area contributed by atoms with Crippen LogP contribution in [0.3, 0.4) is 0 Å². The van der Waals surface area contributed by atoms with Gasteiger partial charge < -0.3 is 10.4 Å². The minimum atomic E-state index is -0.219. The van der Waals surface area contributed by atoms with Crippen LogP contribution >= 0.6 is 34.3 Å². The molecule has 19 heavy (non-hydrogen) atoms. The van der Waals surface area contributed by atoms with Crippen molar-refractivity contribution in [2.75, 3.05) is 6.54 Å². The van der Waals surface area contributed by atoms with Gasteiger partial charge in [0, 0.05) is 9.75 Å². The van der Waals surface area contributed by atoms with Crippen molar-refractivity contribution in [3.63, 3.8) is 0 Å². The Bertz CT molecular complexity index is 483. The second-order valence-electron chi connectivity index (χ2n) is 4.40. The van der Waals surface area contributed by atoms with Crippen LogP contribution in [-0.4, -0.2) is 17.8 Å². The van der Waals surface area contributed by atoms with Gasteiger partial charge in [-0.25, -0.2) is 0 Å². The molecule has 104 valence electrons. The molecule has 2 aromatic rings. The molecule has 0 aromatic carbocycles. The molecule has 0 aliphatic heterocycles. The monoisotopic (exact) mass is 315 g/mol. The fourth-order valence-corrected chi connectivity index (χ4v) is 3.93. The summed E-state index contributed by atoms with van der Waals surface area (Å²) in [7, 11) is 0. The van der Waals surface area contributed by atoms with E-state index < -0.39 is 0 Å². The highest BCUT2D eigenvalue weighted by Gasteiger charge is 2.16. The van der Waals surface area contributed by atoms with Gasteiger partial charge in [0.2, 0.25) is 0 Å². The molecule has 2 heterocycles. The number of nitrogens with one attached hydrogen (secondary N) is 1. The second kappa shape index (κ2) is 7.41. The van der Waals surface area contributed by atoms with E-state index in [0.717, 1.165) is 23.7 Å². The summed E-state index contributed by atoms with van der Waals surface area (Å²) in [4.78, 5) is 2.50. The van der Waals surface area contributed by atoms with Crippen LogP contribution in [0.1, 0.15) is 35.6 Å². The summed E-state index contributed by atoms with van der Waals surface area (Å²) in [5.41, 5.74) is 0. The summed E-state index contributed by atoms with van der Waals surface area (Å²) < 4.78 is 0.812. The van der Waals surface area contributed by atoms with Crippen LogP contribution in [0.4, 0.5) is 0 Å². The molecule has 5 heteroatoms. The van der Waals surface area contributed by atoms with Crippen molar-refractivity contribution in [1.29, 1.82) is 0 Å². The first-order valence-electron chi connectivity index (χ1n) is 6.40.